The number of alkyl halides is 3. The first-order valence-corrected chi connectivity index (χ1v) is 10.3. The van der Waals surface area contributed by atoms with E-state index >= 15 is 0 Å². The molecule has 0 bridgehead atoms. The Bertz CT molecular complexity index is 959. The van der Waals surface area contributed by atoms with Crippen molar-refractivity contribution in [3.63, 3.8) is 0 Å². The molecule has 1 fully saturated rings. The van der Waals surface area contributed by atoms with Crippen LogP contribution < -0.4 is 4.90 Å². The number of carbonyl (C=O) groups excluding carboxylic acids is 1. The Morgan fingerprint density at radius 1 is 1.12 bits per heavy atom. The summed E-state index contributed by atoms with van der Waals surface area (Å²) in [5, 5.41) is 3.41. The van der Waals surface area contributed by atoms with Crippen LogP contribution in [-0.2, 0) is 10.9 Å². The van der Waals surface area contributed by atoms with E-state index in [0.717, 1.165) is 5.69 Å². The first-order chi connectivity index (χ1) is 14.6. The Kier molecular flexibility index (Phi) is 5.95. The van der Waals surface area contributed by atoms with Gasteiger partial charge in [0.1, 0.15) is 5.60 Å². The minimum absolute atomic E-state index is 0.0513. The van der Waals surface area contributed by atoms with E-state index in [0.29, 0.717) is 12.1 Å². The molecular formula is C22H29F3N4O3. The highest BCUT2D eigenvalue weighted by atomic mass is 19.4. The molecular weight excluding hydrogens is 425 g/mol. The number of aromatic nitrogens is 2. The van der Waals surface area contributed by atoms with E-state index in [2.05, 4.69) is 40.3 Å². The van der Waals surface area contributed by atoms with Crippen LogP contribution in [0.3, 0.4) is 0 Å². The van der Waals surface area contributed by atoms with Crippen molar-refractivity contribution < 1.29 is 27.2 Å². The van der Waals surface area contributed by atoms with Gasteiger partial charge in [0.2, 0.25) is 5.82 Å². The van der Waals surface area contributed by atoms with Gasteiger partial charge < -0.3 is 19.1 Å². The topological polar surface area (TPSA) is 71.7 Å². The second-order valence-corrected chi connectivity index (χ2v) is 10.1. The number of hydrogen-bond acceptors (Lipinski definition) is 6. The molecule has 0 saturated carbocycles. The molecule has 2 heterocycles. The molecule has 3 rings (SSSR count). The number of carbonyl (C=O) groups is 1. The number of benzene rings is 1. The second-order valence-electron chi connectivity index (χ2n) is 10.1. The molecule has 1 aliphatic rings. The van der Waals surface area contributed by atoms with Crippen LogP contribution in [0.5, 0.6) is 0 Å². The van der Waals surface area contributed by atoms with Gasteiger partial charge in [-0.25, -0.2) is 4.79 Å². The summed E-state index contributed by atoms with van der Waals surface area (Å²) in [5.74, 6) is -1.50. The Morgan fingerprint density at radius 3 is 2.19 bits per heavy atom. The molecule has 32 heavy (non-hydrogen) atoms. The second kappa shape index (κ2) is 7.97. The lowest BCUT2D eigenvalue weighted by molar-refractivity contribution is -0.159. The van der Waals surface area contributed by atoms with Gasteiger partial charge in [0, 0.05) is 24.8 Å². The van der Waals surface area contributed by atoms with E-state index in [-0.39, 0.29) is 29.4 Å². The zero-order valence-electron chi connectivity index (χ0n) is 19.3. The number of rotatable bonds is 3. The predicted octanol–water partition coefficient (Wildman–Crippen LogP) is 5.23. The normalized spacial score (nSPS) is 19.5. The van der Waals surface area contributed by atoms with Crippen LogP contribution >= 0.6 is 0 Å². The maximum absolute atomic E-state index is 12.7. The zero-order valence-corrected chi connectivity index (χ0v) is 19.3. The fourth-order valence-electron chi connectivity index (χ4n) is 3.87. The van der Waals surface area contributed by atoms with Gasteiger partial charge in [-0.15, -0.1) is 0 Å². The number of anilines is 1. The summed E-state index contributed by atoms with van der Waals surface area (Å²) >= 11 is 0. The van der Waals surface area contributed by atoms with Crippen molar-refractivity contribution >= 4 is 11.8 Å². The molecule has 10 heteroatoms. The lowest BCUT2D eigenvalue weighted by Gasteiger charge is -2.56. The van der Waals surface area contributed by atoms with E-state index in [4.69, 9.17) is 4.74 Å². The highest BCUT2D eigenvalue weighted by Crippen LogP contribution is 2.39. The number of halogens is 3. The lowest BCUT2D eigenvalue weighted by atomic mass is 9.75. The first kappa shape index (κ1) is 23.9. The molecule has 1 aromatic carbocycles. The van der Waals surface area contributed by atoms with E-state index in [1.807, 2.05) is 27.8 Å². The van der Waals surface area contributed by atoms with Crippen LogP contribution in [-0.4, -0.2) is 52.4 Å². The maximum atomic E-state index is 12.7. The van der Waals surface area contributed by atoms with Gasteiger partial charge in [-0.05, 0) is 50.5 Å². The molecule has 2 aromatic rings. The van der Waals surface area contributed by atoms with Crippen LogP contribution in [0, 0.1) is 5.41 Å². The van der Waals surface area contributed by atoms with Crippen molar-refractivity contribution in [1.82, 2.24) is 15.0 Å². The monoisotopic (exact) mass is 454 g/mol. The molecule has 7 nitrogen and oxygen atoms in total. The van der Waals surface area contributed by atoms with Crippen LogP contribution in [0.2, 0.25) is 0 Å². The Labute approximate surface area is 185 Å². The molecule has 1 aliphatic heterocycles. The van der Waals surface area contributed by atoms with Gasteiger partial charge in [0.05, 0.1) is 12.1 Å². The summed E-state index contributed by atoms with van der Waals surface area (Å²) in [5.41, 5.74) is 0.509. The molecule has 0 N–H and O–H groups in total. The summed E-state index contributed by atoms with van der Waals surface area (Å²) in [6, 6.07) is 6.84. The summed E-state index contributed by atoms with van der Waals surface area (Å²) in [7, 11) is 1.93. The smallest absolute Gasteiger partial charge is 0.444 e. The Hall–Kier alpha value is -2.78. The number of amides is 1. The minimum atomic E-state index is -4.68. The molecule has 1 saturated heterocycles. The van der Waals surface area contributed by atoms with Gasteiger partial charge in [-0.1, -0.05) is 25.9 Å². The fourth-order valence-corrected chi connectivity index (χ4v) is 3.87. The first-order valence-electron chi connectivity index (χ1n) is 10.3. The number of likely N-dealkylation sites (tertiary alicyclic amines) is 1. The molecule has 0 spiro atoms. The third-order valence-electron chi connectivity index (χ3n) is 5.30. The highest BCUT2D eigenvalue weighted by molar-refractivity contribution is 5.71. The van der Waals surface area contributed by atoms with Crippen molar-refractivity contribution in [2.75, 3.05) is 18.5 Å². The predicted molar refractivity (Wildman–Crippen MR) is 113 cm³/mol. The van der Waals surface area contributed by atoms with Crippen molar-refractivity contribution in [2.24, 2.45) is 5.41 Å². The Morgan fingerprint density at radius 2 is 1.72 bits per heavy atom. The molecule has 2 unspecified atom stereocenters. The number of hydrogen-bond donors (Lipinski definition) is 0. The van der Waals surface area contributed by atoms with Crippen LogP contribution in [0.1, 0.15) is 47.4 Å². The van der Waals surface area contributed by atoms with E-state index in [9.17, 15) is 18.0 Å². The van der Waals surface area contributed by atoms with Crippen molar-refractivity contribution in [1.29, 1.82) is 0 Å². The van der Waals surface area contributed by atoms with Crippen LogP contribution in [0.4, 0.5) is 23.7 Å². The fraction of sp³-hybridized carbons (Fsp3) is 0.591. The van der Waals surface area contributed by atoms with Gasteiger partial charge in [-0.3, -0.25) is 0 Å². The number of likely N-dealkylation sites (N-methyl/N-ethyl adjacent to an activating group) is 1. The molecule has 0 aliphatic carbocycles. The zero-order chi connectivity index (χ0) is 24.1. The summed E-state index contributed by atoms with van der Waals surface area (Å²) in [6.45, 7) is 12.2. The van der Waals surface area contributed by atoms with E-state index in [1.54, 1.807) is 29.2 Å². The SMILES string of the molecule is CN(c1ccc(-c2noc(C(F)(F)F)n2)cc1)C1CN(C(=O)OC(C)(C)C)C1C(C)(C)C. The summed E-state index contributed by atoms with van der Waals surface area (Å²) in [6.07, 6.45) is -5.02. The largest absolute Gasteiger partial charge is 0.471 e. The third kappa shape index (κ3) is 4.99. The molecule has 176 valence electrons. The molecule has 1 aromatic heterocycles. The quantitative estimate of drug-likeness (QED) is 0.633. The van der Waals surface area contributed by atoms with Gasteiger partial charge in [0.25, 0.3) is 0 Å². The lowest BCUT2D eigenvalue weighted by Crippen LogP contribution is -2.72. The van der Waals surface area contributed by atoms with Crippen molar-refractivity contribution in [2.45, 2.75) is 65.4 Å². The third-order valence-corrected chi connectivity index (χ3v) is 5.30. The highest BCUT2D eigenvalue weighted by Gasteiger charge is 2.51. The van der Waals surface area contributed by atoms with E-state index in [1.165, 1.54) is 0 Å². The van der Waals surface area contributed by atoms with Crippen LogP contribution in [0.25, 0.3) is 11.4 Å². The average Bonchev–Trinajstić information content (AvgIpc) is 3.08. The molecule has 0 radical (unpaired) electrons. The average molecular weight is 454 g/mol. The minimum Gasteiger partial charge on any atom is -0.444 e. The van der Waals surface area contributed by atoms with Gasteiger partial charge in [-0.2, -0.15) is 18.2 Å². The van der Waals surface area contributed by atoms with Crippen molar-refractivity contribution in [3.8, 4) is 11.4 Å². The van der Waals surface area contributed by atoms with E-state index < -0.39 is 17.7 Å². The van der Waals surface area contributed by atoms with Crippen LogP contribution in [0.15, 0.2) is 28.8 Å². The van der Waals surface area contributed by atoms with Crippen molar-refractivity contribution in [3.05, 3.63) is 30.2 Å². The number of ether oxygens (including phenoxy) is 1. The summed E-state index contributed by atoms with van der Waals surface area (Å²) < 4.78 is 47.9. The molecule has 1 amide bonds. The molecule has 2 atom stereocenters. The standard InChI is InChI=1S/C22H29F3N4O3/c1-20(2,3)16-15(12-29(16)19(30)31-21(4,5)6)28(7)14-10-8-13(9-11-14)17-26-18(32-27-17)22(23,24)25/h8-11,15-16H,12H2,1-7H3. The van der Waals surface area contributed by atoms with Gasteiger partial charge in [0.15, 0.2) is 0 Å². The summed E-state index contributed by atoms with van der Waals surface area (Å²) in [4.78, 5) is 19.9. The maximum Gasteiger partial charge on any atom is 0.471 e. The number of nitrogens with zero attached hydrogens (tertiary/aromatic N) is 4. The van der Waals surface area contributed by atoms with Gasteiger partial charge >= 0.3 is 18.2 Å². The Balaban J connectivity index is 1.76.